The van der Waals surface area contributed by atoms with E-state index in [0.29, 0.717) is 24.1 Å². The van der Waals surface area contributed by atoms with Crippen LogP contribution in [0.15, 0.2) is 14.9 Å². The monoisotopic (exact) mass is 517 g/mol. The van der Waals surface area contributed by atoms with Gasteiger partial charge in [0.25, 0.3) is 0 Å². The Morgan fingerprint density at radius 3 is 2.59 bits per heavy atom. The molecule has 0 aliphatic heterocycles. The van der Waals surface area contributed by atoms with Gasteiger partial charge < -0.3 is 15.2 Å². The summed E-state index contributed by atoms with van der Waals surface area (Å²) >= 11 is 0.955. The number of nitrogens with zero attached hydrogens (tertiary/aromatic N) is 3. The second kappa shape index (κ2) is 10.8. The Kier molecular flexibility index (Phi) is 9.50. The lowest BCUT2D eigenvalue weighted by Crippen LogP contribution is -2.37. The summed E-state index contributed by atoms with van der Waals surface area (Å²) in [6.07, 6.45) is -2.74. The van der Waals surface area contributed by atoms with Gasteiger partial charge in [-0.05, 0) is 33.6 Å². The lowest BCUT2D eigenvalue weighted by atomic mass is 10.1. The molecule has 0 saturated heterocycles. The maximum atomic E-state index is 12.6. The van der Waals surface area contributed by atoms with Crippen molar-refractivity contribution in [2.75, 3.05) is 13.1 Å². The van der Waals surface area contributed by atoms with Crippen LogP contribution in [0.1, 0.15) is 41.1 Å². The molecule has 0 amide bonds. The lowest BCUT2D eigenvalue weighted by Gasteiger charge is -2.10. The van der Waals surface area contributed by atoms with E-state index in [1.54, 1.807) is 0 Å². The third-order valence-corrected chi connectivity index (χ3v) is 4.47. The predicted octanol–water partition coefficient (Wildman–Crippen LogP) is 4.07. The van der Waals surface area contributed by atoms with Crippen molar-refractivity contribution in [1.82, 2.24) is 20.8 Å². The summed E-state index contributed by atoms with van der Waals surface area (Å²) < 4.78 is 42.8. The fourth-order valence-electron chi connectivity index (χ4n) is 2.33. The molecule has 0 aliphatic carbocycles. The van der Waals surface area contributed by atoms with Crippen molar-refractivity contribution in [3.8, 4) is 0 Å². The zero-order valence-corrected chi connectivity index (χ0v) is 18.5. The van der Waals surface area contributed by atoms with E-state index in [0.717, 1.165) is 46.6 Å². The average molecular weight is 517 g/mol. The number of aliphatic imine (C=N–C) groups is 1. The van der Waals surface area contributed by atoms with E-state index in [1.807, 2.05) is 20.8 Å². The fraction of sp³-hybridized carbons (Fsp3) is 0.562. The molecule has 0 aliphatic rings. The van der Waals surface area contributed by atoms with E-state index >= 15 is 0 Å². The maximum Gasteiger partial charge on any atom is 0.434 e. The van der Waals surface area contributed by atoms with Crippen molar-refractivity contribution in [1.29, 1.82) is 0 Å². The highest BCUT2D eigenvalue weighted by molar-refractivity contribution is 14.0. The number of aryl methyl sites for hydroxylation is 2. The minimum absolute atomic E-state index is 0. The van der Waals surface area contributed by atoms with Gasteiger partial charge >= 0.3 is 6.18 Å². The first-order valence-electron chi connectivity index (χ1n) is 8.26. The highest BCUT2D eigenvalue weighted by atomic mass is 127. The van der Waals surface area contributed by atoms with Gasteiger partial charge in [0, 0.05) is 24.0 Å². The standard InChI is InChI=1S/C16H22F3N5OS.HI/c1-4-20-15(21-7-5-6-12-10(2)24-25-11(12)3)22-8-14-23-13(9-26-14)16(17,18)19;/h9H,4-8H2,1-3H3,(H2,20,21,22);1H. The summed E-state index contributed by atoms with van der Waals surface area (Å²) in [5.74, 6) is 1.38. The number of nitrogens with one attached hydrogen (secondary N) is 2. The van der Waals surface area contributed by atoms with Crippen LogP contribution >= 0.6 is 35.3 Å². The van der Waals surface area contributed by atoms with Crippen molar-refractivity contribution < 1.29 is 17.7 Å². The van der Waals surface area contributed by atoms with Crippen LogP contribution in [0.3, 0.4) is 0 Å². The van der Waals surface area contributed by atoms with E-state index in [4.69, 9.17) is 4.52 Å². The van der Waals surface area contributed by atoms with E-state index in [-0.39, 0.29) is 30.5 Å². The summed E-state index contributed by atoms with van der Waals surface area (Å²) in [6, 6.07) is 0. The van der Waals surface area contributed by atoms with Gasteiger partial charge in [-0.2, -0.15) is 13.2 Å². The fourth-order valence-corrected chi connectivity index (χ4v) is 3.06. The van der Waals surface area contributed by atoms with Crippen molar-refractivity contribution >= 4 is 41.3 Å². The van der Waals surface area contributed by atoms with E-state index in [2.05, 4.69) is 25.8 Å². The molecule has 0 unspecified atom stereocenters. The van der Waals surface area contributed by atoms with Gasteiger partial charge in [0.1, 0.15) is 10.8 Å². The number of hydrogen-bond donors (Lipinski definition) is 2. The predicted molar refractivity (Wildman–Crippen MR) is 110 cm³/mol. The maximum absolute atomic E-state index is 12.6. The van der Waals surface area contributed by atoms with Gasteiger partial charge in [0.2, 0.25) is 0 Å². The third-order valence-electron chi connectivity index (χ3n) is 3.64. The van der Waals surface area contributed by atoms with Gasteiger partial charge in [-0.15, -0.1) is 35.3 Å². The quantitative estimate of drug-likeness (QED) is 0.251. The third kappa shape index (κ3) is 7.28. The van der Waals surface area contributed by atoms with Gasteiger partial charge in [-0.25, -0.2) is 9.98 Å². The minimum atomic E-state index is -4.42. The van der Waals surface area contributed by atoms with Crippen molar-refractivity contribution in [3.63, 3.8) is 0 Å². The summed E-state index contributed by atoms with van der Waals surface area (Å²) in [4.78, 5) is 7.87. The summed E-state index contributed by atoms with van der Waals surface area (Å²) in [5.41, 5.74) is 1.13. The summed E-state index contributed by atoms with van der Waals surface area (Å²) in [5, 5.41) is 11.5. The van der Waals surface area contributed by atoms with E-state index in [9.17, 15) is 13.2 Å². The average Bonchev–Trinajstić information content (AvgIpc) is 3.17. The van der Waals surface area contributed by atoms with Crippen molar-refractivity contribution in [3.05, 3.63) is 33.1 Å². The first-order chi connectivity index (χ1) is 12.3. The summed E-state index contributed by atoms with van der Waals surface area (Å²) in [7, 11) is 0. The molecule has 11 heteroatoms. The molecular formula is C16H23F3IN5OS. The number of alkyl halides is 3. The SMILES string of the molecule is CCNC(=NCc1nc(C(F)(F)F)cs1)NCCCc1c(C)noc1C.I. The molecule has 2 rings (SSSR count). The molecule has 2 N–H and O–H groups in total. The van der Waals surface area contributed by atoms with Gasteiger partial charge in [-0.1, -0.05) is 5.16 Å². The number of aromatic nitrogens is 2. The van der Waals surface area contributed by atoms with Gasteiger partial charge in [-0.3, -0.25) is 0 Å². The molecule has 2 aromatic rings. The molecule has 152 valence electrons. The number of hydrogen-bond acceptors (Lipinski definition) is 5. The van der Waals surface area contributed by atoms with Crippen LogP contribution in [0.2, 0.25) is 0 Å². The van der Waals surface area contributed by atoms with Crippen molar-refractivity contribution in [2.24, 2.45) is 4.99 Å². The van der Waals surface area contributed by atoms with Crippen LogP contribution in [0.5, 0.6) is 0 Å². The molecule has 2 aromatic heterocycles. The van der Waals surface area contributed by atoms with Crippen LogP contribution in [-0.2, 0) is 19.1 Å². The van der Waals surface area contributed by atoms with Gasteiger partial charge in [0.15, 0.2) is 11.7 Å². The molecule has 0 spiro atoms. The Bertz CT molecular complexity index is 725. The second-order valence-corrected chi connectivity index (χ2v) is 6.60. The number of guanidine groups is 1. The molecule has 0 aromatic carbocycles. The Morgan fingerprint density at radius 1 is 1.30 bits per heavy atom. The molecule has 0 atom stereocenters. The molecule has 2 heterocycles. The smallest absolute Gasteiger partial charge is 0.361 e. The number of thiazole rings is 1. The van der Waals surface area contributed by atoms with Gasteiger partial charge in [0.05, 0.1) is 12.2 Å². The lowest BCUT2D eigenvalue weighted by molar-refractivity contribution is -0.140. The molecule has 6 nitrogen and oxygen atoms in total. The first-order valence-corrected chi connectivity index (χ1v) is 9.14. The van der Waals surface area contributed by atoms with E-state index in [1.165, 1.54) is 0 Å². The normalized spacial score (nSPS) is 12.0. The van der Waals surface area contributed by atoms with Crippen LogP contribution in [0, 0.1) is 13.8 Å². The zero-order valence-electron chi connectivity index (χ0n) is 15.3. The number of rotatable bonds is 7. The molecular weight excluding hydrogens is 494 g/mol. The Balaban J connectivity index is 0.00000364. The van der Waals surface area contributed by atoms with Crippen LogP contribution in [-0.4, -0.2) is 29.2 Å². The highest BCUT2D eigenvalue weighted by Crippen LogP contribution is 2.30. The molecule has 0 bridgehead atoms. The van der Waals surface area contributed by atoms with Crippen LogP contribution in [0.4, 0.5) is 13.2 Å². The summed E-state index contributed by atoms with van der Waals surface area (Å²) in [6.45, 7) is 7.14. The molecule has 0 fully saturated rings. The Hall–Kier alpha value is -1.37. The molecule has 0 saturated carbocycles. The second-order valence-electron chi connectivity index (χ2n) is 5.65. The number of halogens is 4. The van der Waals surface area contributed by atoms with E-state index < -0.39 is 11.9 Å². The topological polar surface area (TPSA) is 75.3 Å². The minimum Gasteiger partial charge on any atom is -0.361 e. The molecule has 27 heavy (non-hydrogen) atoms. The Labute approximate surface area is 177 Å². The largest absolute Gasteiger partial charge is 0.434 e. The van der Waals surface area contributed by atoms with Crippen LogP contribution < -0.4 is 10.6 Å². The van der Waals surface area contributed by atoms with Crippen molar-refractivity contribution in [2.45, 2.75) is 46.3 Å². The first kappa shape index (κ1) is 23.7. The van der Waals surface area contributed by atoms with Crippen LogP contribution in [0.25, 0.3) is 0 Å². The Morgan fingerprint density at radius 2 is 2.04 bits per heavy atom. The highest BCUT2D eigenvalue weighted by Gasteiger charge is 2.33. The molecule has 0 radical (unpaired) electrons. The zero-order chi connectivity index (χ0) is 19.2.